The maximum absolute atomic E-state index is 11.3. The highest BCUT2D eigenvalue weighted by molar-refractivity contribution is 5.69. The Labute approximate surface area is 117 Å². The number of pyridine rings is 1. The van der Waals surface area contributed by atoms with Crippen LogP contribution in [0.4, 0.5) is 0 Å². The second kappa shape index (κ2) is 7.24. The summed E-state index contributed by atoms with van der Waals surface area (Å²) in [5.74, 6) is -1.40. The molecule has 0 aliphatic rings. The monoisotopic (exact) mass is 276 g/mol. The lowest BCUT2D eigenvalue weighted by Gasteiger charge is -2.26. The quantitative estimate of drug-likeness (QED) is 0.760. The Bertz CT molecular complexity index is 510. The molecule has 1 N–H and O–H groups in total. The smallest absolute Gasteiger partial charge is 0.305 e. The summed E-state index contributed by atoms with van der Waals surface area (Å²) in [6, 6.07) is 5.51. The molecule has 1 aromatic rings. The van der Waals surface area contributed by atoms with E-state index in [0.717, 1.165) is 0 Å². The fourth-order valence-corrected chi connectivity index (χ4v) is 2.00. The van der Waals surface area contributed by atoms with Gasteiger partial charge in [0.1, 0.15) is 0 Å². The van der Waals surface area contributed by atoms with E-state index in [1.165, 1.54) is 7.11 Å². The van der Waals surface area contributed by atoms with Gasteiger partial charge >= 0.3 is 11.9 Å². The van der Waals surface area contributed by atoms with E-state index in [1.807, 2.05) is 0 Å². The summed E-state index contributed by atoms with van der Waals surface area (Å²) in [4.78, 5) is 25.9. The molecular weight excluding hydrogens is 260 g/mol. The summed E-state index contributed by atoms with van der Waals surface area (Å²) in [6.07, 6.45) is 3.36. The van der Waals surface area contributed by atoms with Gasteiger partial charge in [-0.1, -0.05) is 0 Å². The Morgan fingerprint density at radius 2 is 1.95 bits per heavy atom. The molecule has 0 amide bonds. The van der Waals surface area contributed by atoms with E-state index >= 15 is 0 Å². The van der Waals surface area contributed by atoms with E-state index in [-0.39, 0.29) is 25.7 Å². The van der Waals surface area contributed by atoms with Gasteiger partial charge in [0, 0.05) is 25.2 Å². The second-order valence-electron chi connectivity index (χ2n) is 4.40. The van der Waals surface area contributed by atoms with Crippen LogP contribution in [0.2, 0.25) is 0 Å². The van der Waals surface area contributed by atoms with Crippen LogP contribution in [0.3, 0.4) is 0 Å². The first-order valence-electron chi connectivity index (χ1n) is 6.14. The zero-order valence-corrected chi connectivity index (χ0v) is 11.2. The first kappa shape index (κ1) is 15.6. The van der Waals surface area contributed by atoms with Gasteiger partial charge in [-0.25, -0.2) is 0 Å². The number of carboxylic acids is 1. The number of rotatable bonds is 7. The molecule has 1 aromatic heterocycles. The van der Waals surface area contributed by atoms with Gasteiger partial charge < -0.3 is 9.84 Å². The molecule has 20 heavy (non-hydrogen) atoms. The van der Waals surface area contributed by atoms with Gasteiger partial charge in [0.15, 0.2) is 0 Å². The molecule has 0 fully saturated rings. The number of carboxylic acid groups (broad SMARTS) is 1. The third kappa shape index (κ3) is 4.05. The first-order chi connectivity index (χ1) is 9.54. The molecule has 0 radical (unpaired) electrons. The van der Waals surface area contributed by atoms with Crippen LogP contribution >= 0.6 is 0 Å². The fraction of sp³-hybridized carbons (Fsp3) is 0.429. The maximum atomic E-state index is 11.3. The van der Waals surface area contributed by atoms with Gasteiger partial charge in [0.05, 0.1) is 18.6 Å². The lowest BCUT2D eigenvalue weighted by atomic mass is 9.75. The van der Waals surface area contributed by atoms with Crippen LogP contribution in [0.15, 0.2) is 24.5 Å². The molecule has 0 aromatic carbocycles. The van der Waals surface area contributed by atoms with E-state index in [9.17, 15) is 14.9 Å². The van der Waals surface area contributed by atoms with Crippen LogP contribution < -0.4 is 0 Å². The zero-order chi connectivity index (χ0) is 15.0. The minimum Gasteiger partial charge on any atom is -0.481 e. The van der Waals surface area contributed by atoms with Gasteiger partial charge in [-0.05, 0) is 30.5 Å². The molecule has 0 spiro atoms. The normalized spacial score (nSPS) is 13.0. The Morgan fingerprint density at radius 3 is 2.45 bits per heavy atom. The van der Waals surface area contributed by atoms with Crippen molar-refractivity contribution in [2.75, 3.05) is 7.11 Å². The number of aromatic nitrogens is 1. The van der Waals surface area contributed by atoms with E-state index in [0.29, 0.717) is 5.56 Å². The SMILES string of the molecule is COC(=O)CCC(C#N)(CCC(=O)O)c1ccncc1. The number of carbonyl (C=O) groups excluding carboxylic acids is 1. The van der Waals surface area contributed by atoms with Crippen molar-refractivity contribution in [3.8, 4) is 6.07 Å². The topological polar surface area (TPSA) is 100 Å². The summed E-state index contributed by atoms with van der Waals surface area (Å²) in [7, 11) is 1.28. The van der Waals surface area contributed by atoms with Crippen molar-refractivity contribution in [1.82, 2.24) is 4.98 Å². The fourth-order valence-electron chi connectivity index (χ4n) is 2.00. The first-order valence-corrected chi connectivity index (χ1v) is 6.14. The molecular formula is C14H16N2O4. The standard InChI is InChI=1S/C14H16N2O4/c1-20-13(19)3-7-14(10-15,6-2-12(17)18)11-4-8-16-9-5-11/h4-5,8-9H,2-3,6-7H2,1H3,(H,17,18). The number of nitriles is 1. The van der Waals surface area contributed by atoms with Gasteiger partial charge in [0.2, 0.25) is 0 Å². The summed E-state index contributed by atoms with van der Waals surface area (Å²) in [5.41, 5.74) is -0.352. The molecule has 1 unspecified atom stereocenters. The number of ether oxygens (including phenoxy) is 1. The third-order valence-corrected chi connectivity index (χ3v) is 3.20. The number of esters is 1. The van der Waals surface area contributed by atoms with Crippen LogP contribution in [0, 0.1) is 11.3 Å². The van der Waals surface area contributed by atoms with Crippen LogP contribution in [-0.4, -0.2) is 29.1 Å². The molecule has 0 bridgehead atoms. The summed E-state index contributed by atoms with van der Waals surface area (Å²) < 4.78 is 4.57. The molecule has 0 aliphatic heterocycles. The molecule has 6 nitrogen and oxygen atoms in total. The predicted octanol–water partition coefficient (Wildman–Crippen LogP) is 1.66. The van der Waals surface area contributed by atoms with Crippen molar-refractivity contribution >= 4 is 11.9 Å². The number of hydrogen-bond donors (Lipinski definition) is 1. The number of hydrogen-bond acceptors (Lipinski definition) is 5. The Kier molecular flexibility index (Phi) is 5.66. The lowest BCUT2D eigenvalue weighted by Crippen LogP contribution is -2.26. The maximum Gasteiger partial charge on any atom is 0.305 e. The van der Waals surface area contributed by atoms with E-state index < -0.39 is 17.4 Å². The number of nitrogens with zero attached hydrogens (tertiary/aromatic N) is 2. The summed E-state index contributed by atoms with van der Waals surface area (Å²) >= 11 is 0. The number of aliphatic carboxylic acids is 1. The van der Waals surface area contributed by atoms with Gasteiger partial charge in [-0.15, -0.1) is 0 Å². The minimum atomic E-state index is -1.02. The Morgan fingerprint density at radius 1 is 1.35 bits per heavy atom. The minimum absolute atomic E-state index is 0.0615. The summed E-state index contributed by atoms with van der Waals surface area (Å²) in [5, 5.41) is 18.3. The molecule has 106 valence electrons. The molecule has 0 saturated heterocycles. The van der Waals surface area contributed by atoms with Crippen LogP contribution in [0.5, 0.6) is 0 Å². The average Bonchev–Trinajstić information content (AvgIpc) is 2.48. The Balaban J connectivity index is 3.00. The predicted molar refractivity (Wildman–Crippen MR) is 69.6 cm³/mol. The van der Waals surface area contributed by atoms with Crippen molar-refractivity contribution in [2.24, 2.45) is 0 Å². The van der Waals surface area contributed by atoms with Gasteiger partial charge in [-0.3, -0.25) is 14.6 Å². The highest BCUT2D eigenvalue weighted by atomic mass is 16.5. The Hall–Kier alpha value is -2.42. The average molecular weight is 276 g/mol. The van der Waals surface area contributed by atoms with Gasteiger partial charge in [-0.2, -0.15) is 5.26 Å². The lowest BCUT2D eigenvalue weighted by molar-refractivity contribution is -0.140. The van der Waals surface area contributed by atoms with E-state index in [2.05, 4.69) is 15.8 Å². The van der Waals surface area contributed by atoms with Crippen molar-refractivity contribution < 1.29 is 19.4 Å². The van der Waals surface area contributed by atoms with Gasteiger partial charge in [0.25, 0.3) is 0 Å². The van der Waals surface area contributed by atoms with Crippen molar-refractivity contribution in [3.63, 3.8) is 0 Å². The van der Waals surface area contributed by atoms with Crippen LogP contribution in [0.25, 0.3) is 0 Å². The van der Waals surface area contributed by atoms with Crippen LogP contribution in [-0.2, 0) is 19.7 Å². The second-order valence-corrected chi connectivity index (χ2v) is 4.40. The van der Waals surface area contributed by atoms with E-state index in [4.69, 9.17) is 5.11 Å². The largest absolute Gasteiger partial charge is 0.481 e. The number of methoxy groups -OCH3 is 1. The molecule has 1 rings (SSSR count). The molecule has 0 aliphatic carbocycles. The highest BCUT2D eigenvalue weighted by Crippen LogP contribution is 2.33. The van der Waals surface area contributed by atoms with Crippen molar-refractivity contribution in [1.29, 1.82) is 5.26 Å². The number of carbonyl (C=O) groups is 2. The molecule has 1 atom stereocenters. The molecule has 6 heteroatoms. The third-order valence-electron chi connectivity index (χ3n) is 3.20. The van der Waals surface area contributed by atoms with Crippen molar-refractivity contribution in [2.45, 2.75) is 31.1 Å². The summed E-state index contributed by atoms with van der Waals surface area (Å²) in [6.45, 7) is 0. The zero-order valence-electron chi connectivity index (χ0n) is 11.2. The van der Waals surface area contributed by atoms with Crippen molar-refractivity contribution in [3.05, 3.63) is 30.1 Å². The van der Waals surface area contributed by atoms with E-state index in [1.54, 1.807) is 24.5 Å². The molecule has 0 saturated carbocycles. The van der Waals surface area contributed by atoms with Crippen LogP contribution in [0.1, 0.15) is 31.2 Å². The highest BCUT2D eigenvalue weighted by Gasteiger charge is 2.33. The molecule has 1 heterocycles.